The van der Waals surface area contributed by atoms with Gasteiger partial charge in [-0.15, -0.1) is 0 Å². The van der Waals surface area contributed by atoms with Gasteiger partial charge in [-0.25, -0.2) is 9.37 Å². The molecule has 5 atom stereocenters. The van der Waals surface area contributed by atoms with Crippen LogP contribution in [-0.2, 0) is 4.74 Å². The number of rotatable bonds is 4. The molecule has 146 valence electrons. The van der Waals surface area contributed by atoms with Gasteiger partial charge in [0.25, 0.3) is 0 Å². The average molecular weight is 391 g/mol. The van der Waals surface area contributed by atoms with Gasteiger partial charge >= 0.3 is 6.08 Å². The molecule has 0 radical (unpaired) electrons. The number of hydrogen-bond acceptors (Lipinski definition) is 8. The van der Waals surface area contributed by atoms with E-state index in [9.17, 15) is 23.8 Å². The molecule has 0 aliphatic carbocycles. The number of aliphatic hydroxyl groups is 2. The number of nitrogen functional groups attached to an aromatic ring is 1. The largest absolute Gasteiger partial charge is 0.387 e. The van der Waals surface area contributed by atoms with Crippen molar-refractivity contribution in [1.29, 1.82) is 0 Å². The summed E-state index contributed by atoms with van der Waals surface area (Å²) in [6, 6.07) is 7.84. The Balaban J connectivity index is 1.64. The topological polar surface area (TPSA) is 136 Å². The molecule has 0 saturated carbocycles. The van der Waals surface area contributed by atoms with E-state index in [2.05, 4.69) is 15.0 Å². The summed E-state index contributed by atoms with van der Waals surface area (Å²) in [6.07, 6.45) is -8.75. The molecular formula is C17H15F2N5O4. The first-order valence-electron chi connectivity index (χ1n) is 8.29. The quantitative estimate of drug-likeness (QED) is 0.429. The Kier molecular flexibility index (Phi) is 4.49. The zero-order valence-electron chi connectivity index (χ0n) is 14.2. The molecule has 0 bridgehead atoms. The number of Topliss-reactive ketones (excluding diaryl/α,β-unsaturated/α-hetero) is 1. The number of nitrogens with zero attached hydrogens (tertiary/aromatic N) is 4. The van der Waals surface area contributed by atoms with Crippen molar-refractivity contribution in [2.45, 2.75) is 30.7 Å². The first-order chi connectivity index (χ1) is 13.4. The highest BCUT2D eigenvalue weighted by atomic mass is 19.1. The number of ether oxygens (including phenoxy) is 1. The molecule has 3 heterocycles. The SMILES string of the molecule is Nc1nc(F)nc2c1ncn2[C@@H]1O[C@H](C(O)C(=O)c2ccccc2)[C@@H](O)[C@H]1F. The van der Waals surface area contributed by atoms with Crippen molar-refractivity contribution in [3.8, 4) is 0 Å². The Morgan fingerprint density at radius 1 is 1.29 bits per heavy atom. The highest BCUT2D eigenvalue weighted by molar-refractivity contribution is 5.99. The number of fused-ring (bicyclic) bond motifs is 1. The Morgan fingerprint density at radius 2 is 2.00 bits per heavy atom. The van der Waals surface area contributed by atoms with Crippen LogP contribution in [0.15, 0.2) is 36.7 Å². The van der Waals surface area contributed by atoms with Crippen molar-refractivity contribution >= 4 is 22.8 Å². The molecule has 28 heavy (non-hydrogen) atoms. The van der Waals surface area contributed by atoms with Crippen LogP contribution in [0.4, 0.5) is 14.6 Å². The van der Waals surface area contributed by atoms with Gasteiger partial charge in [-0.1, -0.05) is 30.3 Å². The minimum absolute atomic E-state index is 0.0241. The number of carbonyl (C=O) groups is 1. The smallest absolute Gasteiger partial charge is 0.312 e. The zero-order chi connectivity index (χ0) is 20.0. The van der Waals surface area contributed by atoms with E-state index in [1.807, 2.05) is 0 Å². The van der Waals surface area contributed by atoms with Crippen molar-refractivity contribution < 1.29 is 28.5 Å². The van der Waals surface area contributed by atoms with Crippen LogP contribution in [0.2, 0.25) is 0 Å². The molecule has 1 aromatic carbocycles. The molecule has 0 spiro atoms. The lowest BCUT2D eigenvalue weighted by molar-refractivity contribution is -0.0706. The average Bonchev–Trinajstić information content (AvgIpc) is 3.23. The zero-order valence-corrected chi connectivity index (χ0v) is 14.2. The van der Waals surface area contributed by atoms with Crippen LogP contribution in [0, 0.1) is 6.08 Å². The van der Waals surface area contributed by atoms with Gasteiger partial charge in [-0.3, -0.25) is 9.36 Å². The number of ketones is 1. The van der Waals surface area contributed by atoms with Crippen molar-refractivity contribution in [3.05, 3.63) is 48.3 Å². The van der Waals surface area contributed by atoms with Crippen LogP contribution >= 0.6 is 0 Å². The maximum Gasteiger partial charge on any atom is 0.312 e. The fourth-order valence-corrected chi connectivity index (χ4v) is 3.17. The van der Waals surface area contributed by atoms with Gasteiger partial charge < -0.3 is 20.7 Å². The highest BCUT2D eigenvalue weighted by Crippen LogP contribution is 2.36. The summed E-state index contributed by atoms with van der Waals surface area (Å²) in [5.41, 5.74) is 5.64. The number of imidazole rings is 1. The Morgan fingerprint density at radius 3 is 2.71 bits per heavy atom. The maximum absolute atomic E-state index is 14.7. The van der Waals surface area contributed by atoms with Crippen LogP contribution in [0.3, 0.4) is 0 Å². The number of benzene rings is 1. The molecule has 4 rings (SSSR count). The number of aromatic nitrogens is 4. The predicted octanol–water partition coefficient (Wildman–Crippen LogP) is 0.388. The maximum atomic E-state index is 14.7. The fourth-order valence-electron chi connectivity index (χ4n) is 3.17. The van der Waals surface area contributed by atoms with Crippen LogP contribution in [0.5, 0.6) is 0 Å². The fraction of sp³-hybridized carbons (Fsp3) is 0.294. The van der Waals surface area contributed by atoms with Crippen LogP contribution in [-0.4, -0.2) is 60.0 Å². The van der Waals surface area contributed by atoms with Crippen molar-refractivity contribution in [2.75, 3.05) is 5.73 Å². The number of nitrogens with two attached hydrogens (primary N) is 1. The van der Waals surface area contributed by atoms with Crippen LogP contribution in [0.1, 0.15) is 16.6 Å². The summed E-state index contributed by atoms with van der Waals surface area (Å²) < 4.78 is 34.7. The first kappa shape index (κ1) is 18.3. The molecule has 2 aromatic heterocycles. The first-order valence-corrected chi connectivity index (χ1v) is 8.29. The standard InChI is InChI=1S/C17H15F2N5O4/c18-8-11(26)13(12(27)10(25)7-4-2-1-3-5-7)28-16(8)24-6-21-9-14(20)22-17(19)23-15(9)24/h1-6,8,11-13,16,26-27H,(H2,20,22,23)/t8-,11+,12?,13+,16-/m1/s1. The molecular weight excluding hydrogens is 376 g/mol. The second-order valence-electron chi connectivity index (χ2n) is 6.30. The molecule has 4 N–H and O–H groups in total. The van der Waals surface area contributed by atoms with Crippen LogP contribution in [0.25, 0.3) is 11.2 Å². The van der Waals surface area contributed by atoms with Crippen LogP contribution < -0.4 is 5.73 Å². The normalized spacial score (nSPS) is 25.9. The van der Waals surface area contributed by atoms with Crippen molar-refractivity contribution in [2.24, 2.45) is 0 Å². The van der Waals surface area contributed by atoms with E-state index in [4.69, 9.17) is 10.5 Å². The molecule has 9 nitrogen and oxygen atoms in total. The Bertz CT molecular complexity index is 1030. The molecule has 11 heteroatoms. The summed E-state index contributed by atoms with van der Waals surface area (Å²) in [4.78, 5) is 23.2. The Labute approximate surface area is 156 Å². The highest BCUT2D eigenvalue weighted by Gasteiger charge is 2.50. The van der Waals surface area contributed by atoms with Gasteiger partial charge in [0.2, 0.25) is 0 Å². The minimum atomic E-state index is -2.04. The van der Waals surface area contributed by atoms with E-state index >= 15 is 0 Å². The van der Waals surface area contributed by atoms with Gasteiger partial charge in [0.15, 0.2) is 35.2 Å². The number of halogens is 2. The number of anilines is 1. The van der Waals surface area contributed by atoms with Gasteiger partial charge in [0.1, 0.15) is 18.3 Å². The van der Waals surface area contributed by atoms with Gasteiger partial charge in [0.05, 0.1) is 6.33 Å². The lowest BCUT2D eigenvalue weighted by Crippen LogP contribution is -2.42. The third-order valence-corrected chi connectivity index (χ3v) is 4.57. The minimum Gasteiger partial charge on any atom is -0.387 e. The number of aliphatic hydroxyl groups excluding tert-OH is 2. The third-order valence-electron chi connectivity index (χ3n) is 4.57. The summed E-state index contributed by atoms with van der Waals surface area (Å²) >= 11 is 0. The van der Waals surface area contributed by atoms with Crippen molar-refractivity contribution in [1.82, 2.24) is 19.5 Å². The molecule has 1 aliphatic rings. The number of carbonyl (C=O) groups excluding carboxylic acids is 1. The number of alkyl halides is 1. The van der Waals surface area contributed by atoms with Gasteiger partial charge in [-0.05, 0) is 0 Å². The van der Waals surface area contributed by atoms with Gasteiger partial charge in [-0.2, -0.15) is 14.4 Å². The van der Waals surface area contributed by atoms with E-state index in [1.165, 1.54) is 12.1 Å². The third kappa shape index (κ3) is 2.89. The lowest BCUT2D eigenvalue weighted by atomic mass is 9.98. The predicted molar refractivity (Wildman–Crippen MR) is 91.3 cm³/mol. The van der Waals surface area contributed by atoms with Crippen molar-refractivity contribution in [3.63, 3.8) is 0 Å². The molecule has 1 saturated heterocycles. The van der Waals surface area contributed by atoms with E-state index < -0.39 is 42.6 Å². The van der Waals surface area contributed by atoms with E-state index in [-0.39, 0.29) is 22.5 Å². The molecule has 1 unspecified atom stereocenters. The van der Waals surface area contributed by atoms with E-state index in [1.54, 1.807) is 18.2 Å². The van der Waals surface area contributed by atoms with E-state index in [0.717, 1.165) is 10.9 Å². The molecule has 3 aromatic rings. The summed E-state index contributed by atoms with van der Waals surface area (Å²) in [5, 5.41) is 20.5. The lowest BCUT2D eigenvalue weighted by Gasteiger charge is -2.20. The summed E-state index contributed by atoms with van der Waals surface area (Å²) in [7, 11) is 0. The molecule has 1 fully saturated rings. The second-order valence-corrected chi connectivity index (χ2v) is 6.30. The molecule has 0 amide bonds. The summed E-state index contributed by atoms with van der Waals surface area (Å²) in [5.74, 6) is -0.975. The molecule has 1 aliphatic heterocycles. The van der Waals surface area contributed by atoms with Gasteiger partial charge in [0, 0.05) is 5.56 Å². The van der Waals surface area contributed by atoms with E-state index in [0.29, 0.717) is 0 Å². The summed E-state index contributed by atoms with van der Waals surface area (Å²) in [6.45, 7) is 0. The Hall–Kier alpha value is -3.02. The second kappa shape index (κ2) is 6.86. The number of hydrogen-bond donors (Lipinski definition) is 3. The monoisotopic (exact) mass is 391 g/mol.